The predicted octanol–water partition coefficient (Wildman–Crippen LogP) is 3.74. The van der Waals surface area contributed by atoms with Crippen LogP contribution in [0.1, 0.15) is 31.4 Å². The molecule has 0 amide bonds. The van der Waals surface area contributed by atoms with Crippen molar-refractivity contribution in [2.45, 2.75) is 38.5 Å². The molecule has 0 aliphatic rings. The quantitative estimate of drug-likeness (QED) is 0.533. The van der Waals surface area contributed by atoms with Crippen LogP contribution < -0.4 is 10.1 Å². The maximum Gasteiger partial charge on any atom is 0.198 e. The first-order chi connectivity index (χ1) is 13.0. The van der Waals surface area contributed by atoms with Crippen molar-refractivity contribution in [1.29, 1.82) is 5.26 Å². The van der Waals surface area contributed by atoms with Crippen molar-refractivity contribution in [1.82, 2.24) is 10.3 Å². The molecule has 1 unspecified atom stereocenters. The van der Waals surface area contributed by atoms with Crippen molar-refractivity contribution < 1.29 is 9.84 Å². The third kappa shape index (κ3) is 4.88. The van der Waals surface area contributed by atoms with Crippen LogP contribution in [-0.4, -0.2) is 28.5 Å². The molecule has 0 aliphatic carbocycles. The normalized spacial score (nSPS) is 12.7. The fourth-order valence-corrected chi connectivity index (χ4v) is 3.22. The molecule has 3 rings (SSSR count). The summed E-state index contributed by atoms with van der Waals surface area (Å²) in [6.45, 7) is 4.89. The van der Waals surface area contributed by atoms with Gasteiger partial charge in [-0.1, -0.05) is 30.3 Å². The number of nitriles is 1. The van der Waals surface area contributed by atoms with Crippen LogP contribution in [0.4, 0.5) is 0 Å². The second-order valence-corrected chi connectivity index (χ2v) is 7.32. The van der Waals surface area contributed by atoms with Crippen molar-refractivity contribution in [2.24, 2.45) is 0 Å². The average Bonchev–Trinajstić information content (AvgIpc) is 3.04. The minimum absolute atomic E-state index is 0.130. The summed E-state index contributed by atoms with van der Waals surface area (Å²) >= 11 is 0. The van der Waals surface area contributed by atoms with Crippen LogP contribution in [0, 0.1) is 11.3 Å². The first-order valence-electron chi connectivity index (χ1n) is 9.12. The van der Waals surface area contributed by atoms with E-state index in [0.29, 0.717) is 24.3 Å². The lowest BCUT2D eigenvalue weighted by molar-refractivity contribution is -0.0235. The van der Waals surface area contributed by atoms with Crippen molar-refractivity contribution >= 4 is 10.9 Å². The summed E-state index contributed by atoms with van der Waals surface area (Å²) in [5, 5.41) is 24.0. The Bertz CT molecular complexity index is 940. The molecule has 0 fully saturated rings. The molecular weight excluding hydrogens is 338 g/mol. The third-order valence-electron chi connectivity index (χ3n) is 4.57. The van der Waals surface area contributed by atoms with Gasteiger partial charge in [0.1, 0.15) is 11.8 Å². The fourth-order valence-electron chi connectivity index (χ4n) is 3.22. The van der Waals surface area contributed by atoms with E-state index >= 15 is 0 Å². The Labute approximate surface area is 159 Å². The van der Waals surface area contributed by atoms with Gasteiger partial charge in [-0.25, -0.2) is 0 Å². The predicted molar refractivity (Wildman–Crippen MR) is 106 cm³/mol. The number of benzene rings is 2. The first kappa shape index (κ1) is 19.0. The Morgan fingerprint density at radius 1 is 1.19 bits per heavy atom. The van der Waals surface area contributed by atoms with E-state index in [2.05, 4.69) is 48.5 Å². The summed E-state index contributed by atoms with van der Waals surface area (Å²) in [6.07, 6.45) is 2.39. The molecule has 5 heteroatoms. The maximum absolute atomic E-state index is 10.1. The lowest BCUT2D eigenvalue weighted by atomic mass is 9.94. The minimum atomic E-state index is -0.962. The Balaban J connectivity index is 1.52. The zero-order valence-electron chi connectivity index (χ0n) is 15.7. The first-order valence-corrected chi connectivity index (χ1v) is 9.12. The standard InChI is InChI=1S/C22H25N3O2/c1-22(2,13-17-15-24-19-9-5-4-8-18(17)19)25-12-11-21(26)27-20-10-6-3-7-16(20)14-23/h3-10,15,21,24-26H,11-13H2,1-2H3. The van der Waals surface area contributed by atoms with E-state index in [4.69, 9.17) is 10.00 Å². The molecule has 0 saturated carbocycles. The van der Waals surface area contributed by atoms with Crippen molar-refractivity contribution in [2.75, 3.05) is 6.54 Å². The second-order valence-electron chi connectivity index (χ2n) is 7.32. The lowest BCUT2D eigenvalue weighted by Crippen LogP contribution is -2.42. The number of fused-ring (bicyclic) bond motifs is 1. The minimum Gasteiger partial charge on any atom is -0.464 e. The number of hydrogen-bond acceptors (Lipinski definition) is 4. The van der Waals surface area contributed by atoms with Crippen LogP contribution in [0.25, 0.3) is 10.9 Å². The Hall–Kier alpha value is -2.81. The summed E-state index contributed by atoms with van der Waals surface area (Å²) in [6, 6.07) is 17.3. The van der Waals surface area contributed by atoms with Crippen LogP contribution in [0.15, 0.2) is 54.7 Å². The molecule has 3 aromatic rings. The van der Waals surface area contributed by atoms with Crippen LogP contribution in [0.3, 0.4) is 0 Å². The number of H-pyrrole nitrogens is 1. The van der Waals surface area contributed by atoms with Gasteiger partial charge < -0.3 is 20.1 Å². The van der Waals surface area contributed by atoms with E-state index in [1.54, 1.807) is 24.3 Å². The molecule has 3 N–H and O–H groups in total. The van der Waals surface area contributed by atoms with Crippen LogP contribution in [-0.2, 0) is 6.42 Å². The fraction of sp³-hybridized carbons (Fsp3) is 0.318. The number of ether oxygens (including phenoxy) is 1. The second kappa shape index (κ2) is 8.26. The summed E-state index contributed by atoms with van der Waals surface area (Å²) in [5.41, 5.74) is 2.70. The van der Waals surface area contributed by atoms with Gasteiger partial charge in [-0.3, -0.25) is 0 Å². The highest BCUT2D eigenvalue weighted by Gasteiger charge is 2.20. The molecule has 0 aliphatic heterocycles. The van der Waals surface area contributed by atoms with Crippen molar-refractivity contribution in [3.8, 4) is 11.8 Å². The van der Waals surface area contributed by atoms with Gasteiger partial charge in [0, 0.05) is 35.6 Å². The van der Waals surface area contributed by atoms with E-state index in [1.807, 2.05) is 12.1 Å². The molecule has 0 saturated heterocycles. The molecular formula is C22H25N3O2. The Kier molecular flexibility index (Phi) is 5.80. The number of aliphatic hydroxyl groups is 1. The van der Waals surface area contributed by atoms with E-state index in [9.17, 15) is 5.11 Å². The summed E-state index contributed by atoms with van der Waals surface area (Å²) in [5.74, 6) is 0.408. The molecule has 1 atom stereocenters. The number of nitrogens with one attached hydrogen (secondary N) is 2. The summed E-state index contributed by atoms with van der Waals surface area (Å²) in [4.78, 5) is 3.31. The van der Waals surface area contributed by atoms with Crippen LogP contribution in [0.2, 0.25) is 0 Å². The number of para-hydroxylation sites is 2. The maximum atomic E-state index is 10.1. The molecule has 27 heavy (non-hydrogen) atoms. The molecule has 2 aromatic carbocycles. The third-order valence-corrected chi connectivity index (χ3v) is 4.57. The van der Waals surface area contributed by atoms with E-state index < -0.39 is 6.29 Å². The highest BCUT2D eigenvalue weighted by Crippen LogP contribution is 2.22. The van der Waals surface area contributed by atoms with Crippen molar-refractivity contribution in [3.05, 3.63) is 65.9 Å². The van der Waals surface area contributed by atoms with E-state index in [-0.39, 0.29) is 5.54 Å². The molecule has 1 aromatic heterocycles. The highest BCUT2D eigenvalue weighted by atomic mass is 16.6. The van der Waals surface area contributed by atoms with Gasteiger partial charge in [0.25, 0.3) is 0 Å². The zero-order chi connectivity index (χ0) is 19.3. The largest absolute Gasteiger partial charge is 0.464 e. The number of hydrogen-bond donors (Lipinski definition) is 3. The van der Waals surface area contributed by atoms with Gasteiger partial charge in [0.2, 0.25) is 0 Å². The molecule has 140 valence electrons. The summed E-state index contributed by atoms with van der Waals surface area (Å²) < 4.78 is 5.50. The van der Waals surface area contributed by atoms with Gasteiger partial charge in [0.05, 0.1) is 5.56 Å². The van der Waals surface area contributed by atoms with Gasteiger partial charge in [-0.15, -0.1) is 0 Å². The number of rotatable bonds is 8. The highest BCUT2D eigenvalue weighted by molar-refractivity contribution is 5.83. The Morgan fingerprint density at radius 2 is 1.93 bits per heavy atom. The Morgan fingerprint density at radius 3 is 2.74 bits per heavy atom. The van der Waals surface area contributed by atoms with E-state index in [0.717, 1.165) is 11.9 Å². The average molecular weight is 363 g/mol. The molecule has 0 spiro atoms. The number of aromatic amines is 1. The zero-order valence-corrected chi connectivity index (χ0v) is 15.7. The topological polar surface area (TPSA) is 81.1 Å². The SMILES string of the molecule is CC(C)(Cc1c[nH]c2ccccc12)NCCC(O)Oc1ccccc1C#N. The number of aromatic nitrogens is 1. The molecule has 0 radical (unpaired) electrons. The summed E-state index contributed by atoms with van der Waals surface area (Å²) in [7, 11) is 0. The number of aliphatic hydroxyl groups excluding tert-OH is 1. The van der Waals surface area contributed by atoms with Gasteiger partial charge in [-0.05, 0) is 44.0 Å². The van der Waals surface area contributed by atoms with Crippen molar-refractivity contribution in [3.63, 3.8) is 0 Å². The van der Waals surface area contributed by atoms with E-state index in [1.165, 1.54) is 10.9 Å². The van der Waals surface area contributed by atoms with Gasteiger partial charge >= 0.3 is 0 Å². The molecule has 0 bridgehead atoms. The smallest absolute Gasteiger partial charge is 0.198 e. The lowest BCUT2D eigenvalue weighted by Gasteiger charge is -2.27. The molecule has 1 heterocycles. The van der Waals surface area contributed by atoms with Gasteiger partial charge in [-0.2, -0.15) is 5.26 Å². The van der Waals surface area contributed by atoms with Crippen LogP contribution in [0.5, 0.6) is 5.75 Å². The molecule has 5 nitrogen and oxygen atoms in total. The van der Waals surface area contributed by atoms with Crippen LogP contribution >= 0.6 is 0 Å². The number of nitrogens with zero attached hydrogens (tertiary/aromatic N) is 1. The monoisotopic (exact) mass is 363 g/mol. The van der Waals surface area contributed by atoms with Gasteiger partial charge in [0.15, 0.2) is 6.29 Å².